The Labute approximate surface area is 163 Å². The number of primary amides is 1. The molecule has 2 aromatic rings. The van der Waals surface area contributed by atoms with Gasteiger partial charge in [-0.3, -0.25) is 9.59 Å². The van der Waals surface area contributed by atoms with Gasteiger partial charge in [-0.15, -0.1) is 0 Å². The molecule has 28 heavy (non-hydrogen) atoms. The SMILES string of the molecule is NC(=O)Cc1ccc(-c2ccc(C(=O)NCCN3CCCOC3=O)cc2)cc1. The van der Waals surface area contributed by atoms with Crippen LogP contribution in [0, 0.1) is 0 Å². The van der Waals surface area contributed by atoms with E-state index in [-0.39, 0.29) is 24.3 Å². The third-order valence-electron chi connectivity index (χ3n) is 4.54. The standard InChI is InChI=1S/C21H23N3O4/c22-19(25)14-15-2-4-16(5-3-15)17-6-8-18(9-7-17)20(26)23-10-12-24-11-1-13-28-21(24)27/h2-9H,1,10-14H2,(H2,22,25)(H,23,26). The molecule has 0 saturated carbocycles. The molecule has 3 amide bonds. The van der Waals surface area contributed by atoms with Crippen LogP contribution in [0.1, 0.15) is 22.3 Å². The molecule has 0 spiro atoms. The van der Waals surface area contributed by atoms with Crippen molar-refractivity contribution in [3.63, 3.8) is 0 Å². The van der Waals surface area contributed by atoms with Crippen molar-refractivity contribution in [2.24, 2.45) is 5.73 Å². The molecule has 3 N–H and O–H groups in total. The van der Waals surface area contributed by atoms with Gasteiger partial charge in [-0.2, -0.15) is 0 Å². The van der Waals surface area contributed by atoms with E-state index in [2.05, 4.69) is 5.32 Å². The highest BCUT2D eigenvalue weighted by Gasteiger charge is 2.19. The van der Waals surface area contributed by atoms with E-state index in [4.69, 9.17) is 10.5 Å². The molecule has 0 bridgehead atoms. The Morgan fingerprint density at radius 2 is 1.68 bits per heavy atom. The fraction of sp³-hybridized carbons (Fsp3) is 0.286. The van der Waals surface area contributed by atoms with Crippen LogP contribution in [0.5, 0.6) is 0 Å². The zero-order valence-electron chi connectivity index (χ0n) is 15.5. The van der Waals surface area contributed by atoms with E-state index in [0.29, 0.717) is 31.8 Å². The molecule has 0 aromatic heterocycles. The van der Waals surface area contributed by atoms with E-state index < -0.39 is 0 Å². The second kappa shape index (κ2) is 9.03. The van der Waals surface area contributed by atoms with Crippen molar-refractivity contribution >= 4 is 17.9 Å². The van der Waals surface area contributed by atoms with Gasteiger partial charge in [-0.05, 0) is 35.2 Å². The van der Waals surface area contributed by atoms with Crippen LogP contribution in [0.4, 0.5) is 4.79 Å². The molecule has 0 radical (unpaired) electrons. The summed E-state index contributed by atoms with van der Waals surface area (Å²) in [7, 11) is 0. The minimum absolute atomic E-state index is 0.186. The quantitative estimate of drug-likeness (QED) is 0.765. The van der Waals surface area contributed by atoms with Crippen LogP contribution in [0.3, 0.4) is 0 Å². The summed E-state index contributed by atoms with van der Waals surface area (Å²) in [5.74, 6) is -0.547. The van der Waals surface area contributed by atoms with Crippen molar-refractivity contribution in [3.8, 4) is 11.1 Å². The minimum Gasteiger partial charge on any atom is -0.449 e. The van der Waals surface area contributed by atoms with Crippen LogP contribution < -0.4 is 11.1 Å². The van der Waals surface area contributed by atoms with Crippen LogP contribution in [-0.4, -0.2) is 49.0 Å². The molecule has 1 aliphatic rings. The van der Waals surface area contributed by atoms with Gasteiger partial charge in [0.1, 0.15) is 0 Å². The first kappa shape index (κ1) is 19.4. The fourth-order valence-electron chi connectivity index (χ4n) is 3.04. The number of benzene rings is 2. The summed E-state index contributed by atoms with van der Waals surface area (Å²) in [6.07, 6.45) is 0.700. The van der Waals surface area contributed by atoms with E-state index in [1.54, 1.807) is 17.0 Å². The third kappa shape index (κ3) is 5.09. The van der Waals surface area contributed by atoms with E-state index in [9.17, 15) is 14.4 Å². The van der Waals surface area contributed by atoms with Crippen LogP contribution in [0.25, 0.3) is 11.1 Å². The van der Waals surface area contributed by atoms with Crippen LogP contribution >= 0.6 is 0 Å². The molecule has 1 heterocycles. The first-order valence-electron chi connectivity index (χ1n) is 9.20. The maximum atomic E-state index is 12.3. The lowest BCUT2D eigenvalue weighted by Crippen LogP contribution is -2.42. The van der Waals surface area contributed by atoms with Gasteiger partial charge in [0.05, 0.1) is 13.0 Å². The topological polar surface area (TPSA) is 102 Å². The number of carbonyl (C=O) groups excluding carboxylic acids is 3. The highest BCUT2D eigenvalue weighted by molar-refractivity contribution is 5.94. The Morgan fingerprint density at radius 1 is 1.04 bits per heavy atom. The van der Waals surface area contributed by atoms with Gasteiger partial charge in [0, 0.05) is 25.2 Å². The van der Waals surface area contributed by atoms with Gasteiger partial charge < -0.3 is 20.7 Å². The van der Waals surface area contributed by atoms with Gasteiger partial charge in [-0.25, -0.2) is 4.79 Å². The summed E-state index contributed by atoms with van der Waals surface area (Å²) >= 11 is 0. The Kier molecular flexibility index (Phi) is 6.26. The Balaban J connectivity index is 1.53. The number of hydrogen-bond donors (Lipinski definition) is 2. The largest absolute Gasteiger partial charge is 0.449 e. The Bertz CT molecular complexity index is 847. The molecule has 3 rings (SSSR count). The van der Waals surface area contributed by atoms with Crippen LogP contribution in [-0.2, 0) is 16.0 Å². The van der Waals surface area contributed by atoms with Gasteiger partial charge in [0.25, 0.3) is 5.91 Å². The van der Waals surface area contributed by atoms with E-state index in [0.717, 1.165) is 23.1 Å². The molecular formula is C21H23N3O4. The molecule has 0 unspecified atom stereocenters. The molecular weight excluding hydrogens is 358 g/mol. The maximum absolute atomic E-state index is 12.3. The summed E-state index contributed by atoms with van der Waals surface area (Å²) < 4.78 is 4.97. The molecule has 2 aromatic carbocycles. The molecule has 7 nitrogen and oxygen atoms in total. The Morgan fingerprint density at radius 3 is 2.29 bits per heavy atom. The summed E-state index contributed by atoms with van der Waals surface area (Å²) in [6.45, 7) is 1.92. The number of carbonyl (C=O) groups is 3. The van der Waals surface area contributed by atoms with Gasteiger partial charge >= 0.3 is 6.09 Å². The second-order valence-corrected chi connectivity index (χ2v) is 6.63. The summed E-state index contributed by atoms with van der Waals surface area (Å²) in [5, 5.41) is 2.82. The van der Waals surface area contributed by atoms with Crippen molar-refractivity contribution in [2.75, 3.05) is 26.2 Å². The average Bonchev–Trinajstić information content (AvgIpc) is 2.70. The minimum atomic E-state index is -0.361. The number of rotatable bonds is 7. The first-order chi connectivity index (χ1) is 13.5. The van der Waals surface area contributed by atoms with Crippen LogP contribution in [0.2, 0.25) is 0 Å². The second-order valence-electron chi connectivity index (χ2n) is 6.63. The van der Waals surface area contributed by atoms with Crippen molar-refractivity contribution in [1.82, 2.24) is 10.2 Å². The van der Waals surface area contributed by atoms with Gasteiger partial charge in [0.2, 0.25) is 5.91 Å². The first-order valence-corrected chi connectivity index (χ1v) is 9.20. The van der Waals surface area contributed by atoms with E-state index in [1.165, 1.54) is 0 Å². The molecule has 0 aliphatic carbocycles. The van der Waals surface area contributed by atoms with Crippen molar-refractivity contribution in [2.45, 2.75) is 12.8 Å². The number of cyclic esters (lactones) is 1. The van der Waals surface area contributed by atoms with E-state index in [1.807, 2.05) is 36.4 Å². The molecule has 1 fully saturated rings. The normalized spacial score (nSPS) is 13.7. The summed E-state index contributed by atoms with van der Waals surface area (Å²) in [5.41, 5.74) is 8.58. The fourth-order valence-corrected chi connectivity index (χ4v) is 3.04. The third-order valence-corrected chi connectivity index (χ3v) is 4.54. The van der Waals surface area contributed by atoms with Gasteiger partial charge in [0.15, 0.2) is 0 Å². The lowest BCUT2D eigenvalue weighted by atomic mass is 10.0. The predicted molar refractivity (Wildman–Crippen MR) is 105 cm³/mol. The van der Waals surface area contributed by atoms with E-state index >= 15 is 0 Å². The highest BCUT2D eigenvalue weighted by Crippen LogP contribution is 2.20. The predicted octanol–water partition coefficient (Wildman–Crippen LogP) is 1.95. The van der Waals surface area contributed by atoms with Crippen LogP contribution in [0.15, 0.2) is 48.5 Å². The lowest BCUT2D eigenvalue weighted by molar-refractivity contribution is -0.117. The zero-order chi connectivity index (χ0) is 19.9. The molecule has 146 valence electrons. The number of amides is 3. The molecule has 1 aliphatic heterocycles. The monoisotopic (exact) mass is 381 g/mol. The van der Waals surface area contributed by atoms with Crippen molar-refractivity contribution < 1.29 is 19.1 Å². The van der Waals surface area contributed by atoms with Gasteiger partial charge in [-0.1, -0.05) is 36.4 Å². The van der Waals surface area contributed by atoms with Crippen molar-refractivity contribution in [3.05, 3.63) is 59.7 Å². The smallest absolute Gasteiger partial charge is 0.409 e. The zero-order valence-corrected chi connectivity index (χ0v) is 15.5. The number of nitrogens with one attached hydrogen (secondary N) is 1. The molecule has 0 atom stereocenters. The molecule has 7 heteroatoms. The Hall–Kier alpha value is -3.35. The number of nitrogens with zero attached hydrogens (tertiary/aromatic N) is 1. The summed E-state index contributed by atoms with van der Waals surface area (Å²) in [4.78, 5) is 36.4. The van der Waals surface area contributed by atoms with Crippen molar-refractivity contribution in [1.29, 1.82) is 0 Å². The number of hydrogen-bond acceptors (Lipinski definition) is 4. The number of nitrogens with two attached hydrogens (primary N) is 1. The number of ether oxygens (including phenoxy) is 1. The molecule has 1 saturated heterocycles. The highest BCUT2D eigenvalue weighted by atomic mass is 16.6. The average molecular weight is 381 g/mol. The summed E-state index contributed by atoms with van der Waals surface area (Å²) in [6, 6.07) is 14.9. The lowest BCUT2D eigenvalue weighted by Gasteiger charge is -2.26. The maximum Gasteiger partial charge on any atom is 0.409 e.